The second-order valence-corrected chi connectivity index (χ2v) is 12.9. The molecule has 0 atom stereocenters. The van der Waals surface area contributed by atoms with Crippen molar-refractivity contribution in [3.63, 3.8) is 0 Å². The standard InChI is InChI=1S/C41H34N2/c1-40(2)35-22-20-30(43(28-13-7-5-8-14-28)29-15-9-6-10-16-29)26-33(35)39-36(40)23-24-38(42-39)27-19-21-32-31-17-11-12-18-34(31)41(3,4)37(32)25-27/h5-26H,1-4H3. The zero-order chi connectivity index (χ0) is 29.3. The first kappa shape index (κ1) is 25.7. The molecule has 0 unspecified atom stereocenters. The van der Waals surface area contributed by atoms with Crippen LogP contribution in [-0.4, -0.2) is 4.98 Å². The van der Waals surface area contributed by atoms with Gasteiger partial charge in [-0.1, -0.05) is 113 Å². The third-order valence-corrected chi connectivity index (χ3v) is 9.67. The highest BCUT2D eigenvalue weighted by Gasteiger charge is 2.38. The fourth-order valence-corrected chi connectivity index (χ4v) is 7.35. The number of rotatable bonds is 4. The maximum atomic E-state index is 5.41. The van der Waals surface area contributed by atoms with Crippen molar-refractivity contribution in [1.29, 1.82) is 0 Å². The van der Waals surface area contributed by atoms with Crippen LogP contribution in [0.25, 0.3) is 33.6 Å². The SMILES string of the molecule is CC1(C)c2ccccc2-c2ccc(-c3ccc4c(n3)-c3cc(N(c5ccccc5)c5ccccc5)ccc3C4(C)C)cc21. The number of hydrogen-bond acceptors (Lipinski definition) is 2. The van der Waals surface area contributed by atoms with Crippen LogP contribution in [0.15, 0.2) is 133 Å². The molecule has 0 saturated heterocycles. The molecule has 1 heterocycles. The van der Waals surface area contributed by atoms with Crippen LogP contribution in [0.5, 0.6) is 0 Å². The summed E-state index contributed by atoms with van der Waals surface area (Å²) < 4.78 is 0. The molecule has 8 rings (SSSR count). The van der Waals surface area contributed by atoms with Gasteiger partial charge in [-0.3, -0.25) is 0 Å². The number of benzene rings is 5. The van der Waals surface area contributed by atoms with Gasteiger partial charge in [-0.05, 0) is 81.9 Å². The van der Waals surface area contributed by atoms with Gasteiger partial charge < -0.3 is 4.90 Å². The minimum absolute atomic E-state index is 0.0412. The Balaban J connectivity index is 1.26. The van der Waals surface area contributed by atoms with Crippen molar-refractivity contribution < 1.29 is 0 Å². The van der Waals surface area contributed by atoms with Crippen LogP contribution in [0.1, 0.15) is 49.9 Å². The average molecular weight is 555 g/mol. The highest BCUT2D eigenvalue weighted by molar-refractivity contribution is 5.87. The van der Waals surface area contributed by atoms with Gasteiger partial charge >= 0.3 is 0 Å². The van der Waals surface area contributed by atoms with E-state index in [1.165, 1.54) is 44.5 Å². The Morgan fingerprint density at radius 2 is 1.02 bits per heavy atom. The summed E-state index contributed by atoms with van der Waals surface area (Å²) >= 11 is 0. The van der Waals surface area contributed by atoms with Gasteiger partial charge in [0.25, 0.3) is 0 Å². The summed E-state index contributed by atoms with van der Waals surface area (Å²) in [4.78, 5) is 7.74. The van der Waals surface area contributed by atoms with Crippen LogP contribution in [0.2, 0.25) is 0 Å². The van der Waals surface area contributed by atoms with Crippen LogP contribution in [0.3, 0.4) is 0 Å². The predicted molar refractivity (Wildman–Crippen MR) is 179 cm³/mol. The van der Waals surface area contributed by atoms with Crippen LogP contribution >= 0.6 is 0 Å². The highest BCUT2D eigenvalue weighted by Crippen LogP contribution is 2.52. The Kier molecular flexibility index (Phi) is 5.55. The molecule has 0 radical (unpaired) electrons. The number of fused-ring (bicyclic) bond motifs is 6. The number of aromatic nitrogens is 1. The van der Waals surface area contributed by atoms with E-state index in [-0.39, 0.29) is 10.8 Å². The largest absolute Gasteiger partial charge is 0.310 e. The first-order valence-electron chi connectivity index (χ1n) is 15.2. The van der Waals surface area contributed by atoms with Gasteiger partial charge in [0.1, 0.15) is 0 Å². The van der Waals surface area contributed by atoms with Gasteiger partial charge in [-0.2, -0.15) is 0 Å². The van der Waals surface area contributed by atoms with Crippen LogP contribution in [0, 0.1) is 0 Å². The van der Waals surface area contributed by atoms with E-state index < -0.39 is 0 Å². The molecular formula is C41H34N2. The van der Waals surface area contributed by atoms with Gasteiger partial charge in [-0.15, -0.1) is 0 Å². The van der Waals surface area contributed by atoms with E-state index in [0.29, 0.717) is 0 Å². The molecule has 0 bridgehead atoms. The van der Waals surface area contributed by atoms with E-state index in [2.05, 4.69) is 166 Å². The second kappa shape index (κ2) is 9.28. The topological polar surface area (TPSA) is 16.1 Å². The van der Waals surface area contributed by atoms with Gasteiger partial charge in [0.2, 0.25) is 0 Å². The van der Waals surface area contributed by atoms with E-state index in [1.54, 1.807) is 0 Å². The van der Waals surface area contributed by atoms with Crippen molar-refractivity contribution >= 4 is 17.1 Å². The number of para-hydroxylation sites is 2. The minimum atomic E-state index is -0.124. The molecular weight excluding hydrogens is 520 g/mol. The van der Waals surface area contributed by atoms with E-state index in [1.807, 2.05) is 0 Å². The number of nitrogens with zero attached hydrogens (tertiary/aromatic N) is 2. The molecule has 0 spiro atoms. The molecule has 0 aliphatic heterocycles. The zero-order valence-corrected chi connectivity index (χ0v) is 25.1. The average Bonchev–Trinajstić information content (AvgIpc) is 3.41. The summed E-state index contributed by atoms with van der Waals surface area (Å²) in [6.45, 7) is 9.31. The van der Waals surface area contributed by atoms with Crippen molar-refractivity contribution in [2.45, 2.75) is 38.5 Å². The van der Waals surface area contributed by atoms with Crippen molar-refractivity contribution in [3.8, 4) is 33.6 Å². The fourth-order valence-electron chi connectivity index (χ4n) is 7.35. The first-order valence-corrected chi connectivity index (χ1v) is 15.2. The summed E-state index contributed by atoms with van der Waals surface area (Å²) in [6, 6.07) is 48.3. The van der Waals surface area contributed by atoms with Crippen molar-refractivity contribution in [2.75, 3.05) is 4.90 Å². The van der Waals surface area contributed by atoms with Crippen LogP contribution in [-0.2, 0) is 10.8 Å². The first-order chi connectivity index (χ1) is 20.8. The highest BCUT2D eigenvalue weighted by atomic mass is 15.1. The van der Waals surface area contributed by atoms with E-state index in [9.17, 15) is 0 Å². The molecule has 0 N–H and O–H groups in total. The normalized spacial score (nSPS) is 14.9. The molecule has 5 aromatic carbocycles. The lowest BCUT2D eigenvalue weighted by Crippen LogP contribution is -2.15. The molecule has 2 aliphatic carbocycles. The summed E-state index contributed by atoms with van der Waals surface area (Å²) in [6.07, 6.45) is 0. The maximum Gasteiger partial charge on any atom is 0.0754 e. The van der Waals surface area contributed by atoms with Crippen molar-refractivity contribution in [1.82, 2.24) is 4.98 Å². The smallest absolute Gasteiger partial charge is 0.0754 e. The summed E-state index contributed by atoms with van der Waals surface area (Å²) in [5.41, 5.74) is 15.8. The summed E-state index contributed by atoms with van der Waals surface area (Å²) in [5.74, 6) is 0. The van der Waals surface area contributed by atoms with Crippen LogP contribution in [0.4, 0.5) is 17.1 Å². The Morgan fingerprint density at radius 1 is 0.442 bits per heavy atom. The van der Waals surface area contributed by atoms with Crippen molar-refractivity contribution in [3.05, 3.63) is 156 Å². The molecule has 0 saturated carbocycles. The van der Waals surface area contributed by atoms with Gasteiger partial charge in [0.15, 0.2) is 0 Å². The van der Waals surface area contributed by atoms with Crippen LogP contribution < -0.4 is 4.90 Å². The lowest BCUT2D eigenvalue weighted by molar-refractivity contribution is 0.659. The molecule has 2 heteroatoms. The minimum Gasteiger partial charge on any atom is -0.310 e. The Bertz CT molecular complexity index is 1980. The number of anilines is 3. The quantitative estimate of drug-likeness (QED) is 0.215. The maximum absolute atomic E-state index is 5.41. The molecule has 2 aliphatic rings. The van der Waals surface area contributed by atoms with Gasteiger partial charge in [-0.25, -0.2) is 4.98 Å². The molecule has 208 valence electrons. The third-order valence-electron chi connectivity index (χ3n) is 9.67. The van der Waals surface area contributed by atoms with E-state index in [4.69, 9.17) is 4.98 Å². The second-order valence-electron chi connectivity index (χ2n) is 12.9. The molecule has 43 heavy (non-hydrogen) atoms. The summed E-state index contributed by atoms with van der Waals surface area (Å²) in [5, 5.41) is 0. The molecule has 0 fully saturated rings. The lowest BCUT2D eigenvalue weighted by Gasteiger charge is -2.27. The van der Waals surface area contributed by atoms with E-state index >= 15 is 0 Å². The van der Waals surface area contributed by atoms with Gasteiger partial charge in [0.05, 0.1) is 11.4 Å². The summed E-state index contributed by atoms with van der Waals surface area (Å²) in [7, 11) is 0. The molecule has 1 aromatic heterocycles. The number of pyridine rings is 1. The monoisotopic (exact) mass is 554 g/mol. The molecule has 2 nitrogen and oxygen atoms in total. The Hall–Kier alpha value is -4.95. The van der Waals surface area contributed by atoms with Crippen molar-refractivity contribution in [2.24, 2.45) is 0 Å². The Labute approximate surface area is 254 Å². The zero-order valence-electron chi connectivity index (χ0n) is 25.1. The fraction of sp³-hybridized carbons (Fsp3) is 0.146. The lowest BCUT2D eigenvalue weighted by atomic mass is 9.81. The molecule has 6 aromatic rings. The van der Waals surface area contributed by atoms with E-state index in [0.717, 1.165) is 28.5 Å². The number of hydrogen-bond donors (Lipinski definition) is 0. The third kappa shape index (κ3) is 3.83. The Morgan fingerprint density at radius 3 is 1.74 bits per heavy atom. The predicted octanol–water partition coefficient (Wildman–Crippen LogP) is 10.8. The van der Waals surface area contributed by atoms with Gasteiger partial charge in [0, 0.05) is 39.0 Å². The molecule has 0 amide bonds.